The summed E-state index contributed by atoms with van der Waals surface area (Å²) in [7, 11) is 1.93. The monoisotopic (exact) mass is 326 g/mol. The minimum absolute atomic E-state index is 0.422. The quantitative estimate of drug-likeness (QED) is 0.941. The number of rotatable bonds is 3. The summed E-state index contributed by atoms with van der Waals surface area (Å²) >= 11 is 9.52. The van der Waals surface area contributed by atoms with Gasteiger partial charge in [-0.25, -0.2) is 9.97 Å². The highest BCUT2D eigenvalue weighted by molar-refractivity contribution is 9.10. The summed E-state index contributed by atoms with van der Waals surface area (Å²) in [6, 6.07) is 7.72. The topological polar surface area (TPSA) is 55.0 Å². The van der Waals surface area contributed by atoms with Crippen LogP contribution in [0.15, 0.2) is 35.1 Å². The molecule has 0 amide bonds. The number of hydrogen-bond acceptors (Lipinski definition) is 4. The van der Waals surface area contributed by atoms with Crippen LogP contribution in [-0.4, -0.2) is 17.0 Å². The van der Waals surface area contributed by atoms with E-state index in [4.69, 9.17) is 17.3 Å². The molecule has 2 N–H and O–H groups in total. The average Bonchev–Trinajstić information content (AvgIpc) is 2.35. The fourth-order valence-corrected chi connectivity index (χ4v) is 2.30. The first kappa shape index (κ1) is 13.1. The zero-order chi connectivity index (χ0) is 13.1. The minimum Gasteiger partial charge on any atom is -0.383 e. The minimum atomic E-state index is 0.422. The molecule has 0 radical (unpaired) electrons. The van der Waals surface area contributed by atoms with E-state index < -0.39 is 0 Å². The van der Waals surface area contributed by atoms with Crippen LogP contribution in [0.5, 0.6) is 0 Å². The fraction of sp³-hybridized carbons (Fsp3) is 0.167. The molecule has 94 valence electrons. The van der Waals surface area contributed by atoms with E-state index in [1.54, 1.807) is 0 Å². The second-order valence-corrected chi connectivity index (χ2v) is 5.04. The Labute approximate surface area is 119 Å². The first-order valence-corrected chi connectivity index (χ1v) is 6.47. The van der Waals surface area contributed by atoms with Gasteiger partial charge in [-0.05, 0) is 27.6 Å². The molecule has 1 aromatic heterocycles. The Balaban J connectivity index is 2.25. The van der Waals surface area contributed by atoms with Crippen LogP contribution in [0.1, 0.15) is 5.56 Å². The molecule has 0 spiro atoms. The van der Waals surface area contributed by atoms with Crippen molar-refractivity contribution in [3.8, 4) is 0 Å². The number of benzene rings is 1. The van der Waals surface area contributed by atoms with Crippen molar-refractivity contribution < 1.29 is 0 Å². The van der Waals surface area contributed by atoms with Gasteiger partial charge in [-0.3, -0.25) is 0 Å². The summed E-state index contributed by atoms with van der Waals surface area (Å²) in [5, 5.41) is 0.738. The van der Waals surface area contributed by atoms with Gasteiger partial charge in [-0.15, -0.1) is 0 Å². The van der Waals surface area contributed by atoms with E-state index in [2.05, 4.69) is 25.9 Å². The summed E-state index contributed by atoms with van der Waals surface area (Å²) in [5.74, 6) is 1.16. The SMILES string of the molecule is CN(Cc1ccccc1Cl)c1ncnc(N)c1Br. The third-order valence-electron chi connectivity index (χ3n) is 2.52. The van der Waals surface area contributed by atoms with E-state index >= 15 is 0 Å². The molecule has 0 aliphatic rings. The fourth-order valence-electron chi connectivity index (χ4n) is 1.60. The number of nitrogens with zero attached hydrogens (tertiary/aromatic N) is 3. The van der Waals surface area contributed by atoms with E-state index in [-0.39, 0.29) is 0 Å². The molecule has 0 aliphatic carbocycles. The Morgan fingerprint density at radius 3 is 2.78 bits per heavy atom. The van der Waals surface area contributed by atoms with Crippen LogP contribution < -0.4 is 10.6 Å². The molecule has 0 saturated carbocycles. The molecule has 4 nitrogen and oxygen atoms in total. The lowest BCUT2D eigenvalue weighted by atomic mass is 10.2. The standard InChI is InChI=1S/C12H12BrClN4/c1-18(6-8-4-2-3-5-9(8)14)12-10(13)11(15)16-7-17-12/h2-5,7H,6H2,1H3,(H2,15,16,17). The zero-order valence-corrected chi connectivity index (χ0v) is 12.1. The molecule has 0 unspecified atom stereocenters. The lowest BCUT2D eigenvalue weighted by Crippen LogP contribution is -2.19. The van der Waals surface area contributed by atoms with Crippen LogP contribution in [0, 0.1) is 0 Å². The molecule has 18 heavy (non-hydrogen) atoms. The van der Waals surface area contributed by atoms with Crippen LogP contribution in [0.4, 0.5) is 11.6 Å². The van der Waals surface area contributed by atoms with Gasteiger partial charge in [0, 0.05) is 18.6 Å². The second kappa shape index (κ2) is 5.54. The maximum absolute atomic E-state index is 6.13. The van der Waals surface area contributed by atoms with Crippen molar-refractivity contribution in [1.82, 2.24) is 9.97 Å². The first-order chi connectivity index (χ1) is 8.59. The molecule has 2 rings (SSSR count). The Hall–Kier alpha value is -1.33. The third-order valence-corrected chi connectivity index (χ3v) is 3.65. The van der Waals surface area contributed by atoms with Crippen LogP contribution in [0.3, 0.4) is 0 Å². The first-order valence-electron chi connectivity index (χ1n) is 5.30. The van der Waals surface area contributed by atoms with Gasteiger partial charge in [0.2, 0.25) is 0 Å². The molecule has 0 aliphatic heterocycles. The summed E-state index contributed by atoms with van der Waals surface area (Å²) in [6.07, 6.45) is 1.44. The van der Waals surface area contributed by atoms with Crippen molar-refractivity contribution in [2.45, 2.75) is 6.54 Å². The number of aromatic nitrogens is 2. The summed E-state index contributed by atoms with van der Waals surface area (Å²) in [6.45, 7) is 0.648. The van der Waals surface area contributed by atoms with E-state index in [1.807, 2.05) is 36.2 Å². The Morgan fingerprint density at radius 2 is 2.06 bits per heavy atom. The molecule has 0 bridgehead atoms. The van der Waals surface area contributed by atoms with Gasteiger partial charge in [-0.1, -0.05) is 29.8 Å². The van der Waals surface area contributed by atoms with E-state index in [0.29, 0.717) is 16.8 Å². The molecule has 2 aromatic rings. The van der Waals surface area contributed by atoms with E-state index in [0.717, 1.165) is 16.4 Å². The second-order valence-electron chi connectivity index (χ2n) is 3.84. The molecule has 6 heteroatoms. The Morgan fingerprint density at radius 1 is 1.33 bits per heavy atom. The number of halogens is 2. The predicted octanol–water partition coefficient (Wildman–Crippen LogP) is 3.11. The van der Waals surface area contributed by atoms with Gasteiger partial charge in [-0.2, -0.15) is 0 Å². The molecule has 1 aromatic carbocycles. The number of nitrogens with two attached hydrogens (primary N) is 1. The molecular weight excluding hydrogens is 316 g/mol. The lowest BCUT2D eigenvalue weighted by Gasteiger charge is -2.20. The normalized spacial score (nSPS) is 10.4. The zero-order valence-electron chi connectivity index (χ0n) is 9.77. The highest BCUT2D eigenvalue weighted by atomic mass is 79.9. The summed E-state index contributed by atoms with van der Waals surface area (Å²) < 4.78 is 0.694. The van der Waals surface area contributed by atoms with Crippen molar-refractivity contribution >= 4 is 39.2 Å². The maximum Gasteiger partial charge on any atom is 0.148 e. The van der Waals surface area contributed by atoms with Crippen LogP contribution in [-0.2, 0) is 6.54 Å². The molecule has 0 fully saturated rings. The molecule has 0 saturated heterocycles. The van der Waals surface area contributed by atoms with Crippen LogP contribution in [0.25, 0.3) is 0 Å². The smallest absolute Gasteiger partial charge is 0.148 e. The van der Waals surface area contributed by atoms with Crippen LogP contribution >= 0.6 is 27.5 Å². The Kier molecular flexibility index (Phi) is 4.04. The Bertz CT molecular complexity index is 562. The summed E-state index contributed by atoms with van der Waals surface area (Å²) in [5.41, 5.74) is 6.76. The lowest BCUT2D eigenvalue weighted by molar-refractivity contribution is 0.887. The maximum atomic E-state index is 6.13. The largest absolute Gasteiger partial charge is 0.383 e. The van der Waals surface area contributed by atoms with Gasteiger partial charge >= 0.3 is 0 Å². The van der Waals surface area contributed by atoms with E-state index in [1.165, 1.54) is 6.33 Å². The molecular formula is C12H12BrClN4. The highest BCUT2D eigenvalue weighted by Crippen LogP contribution is 2.28. The number of anilines is 2. The van der Waals surface area contributed by atoms with Gasteiger partial charge < -0.3 is 10.6 Å². The average molecular weight is 328 g/mol. The number of hydrogen-bond donors (Lipinski definition) is 1. The summed E-state index contributed by atoms with van der Waals surface area (Å²) in [4.78, 5) is 10.1. The molecule has 1 heterocycles. The molecule has 0 atom stereocenters. The van der Waals surface area contributed by atoms with Crippen molar-refractivity contribution in [2.75, 3.05) is 17.7 Å². The van der Waals surface area contributed by atoms with Gasteiger partial charge in [0.1, 0.15) is 22.4 Å². The number of nitrogen functional groups attached to an aromatic ring is 1. The predicted molar refractivity (Wildman–Crippen MR) is 77.7 cm³/mol. The van der Waals surface area contributed by atoms with Crippen molar-refractivity contribution in [3.63, 3.8) is 0 Å². The van der Waals surface area contributed by atoms with Crippen molar-refractivity contribution in [3.05, 3.63) is 45.7 Å². The van der Waals surface area contributed by atoms with Gasteiger partial charge in [0.05, 0.1) is 0 Å². The van der Waals surface area contributed by atoms with Crippen LogP contribution in [0.2, 0.25) is 5.02 Å². The highest BCUT2D eigenvalue weighted by Gasteiger charge is 2.12. The van der Waals surface area contributed by atoms with Gasteiger partial charge in [0.25, 0.3) is 0 Å². The van der Waals surface area contributed by atoms with Crippen molar-refractivity contribution in [1.29, 1.82) is 0 Å². The van der Waals surface area contributed by atoms with Gasteiger partial charge in [0.15, 0.2) is 0 Å². The third kappa shape index (κ3) is 2.73. The van der Waals surface area contributed by atoms with E-state index in [9.17, 15) is 0 Å². The van der Waals surface area contributed by atoms with Crippen molar-refractivity contribution in [2.24, 2.45) is 0 Å².